The Kier molecular flexibility index (Phi) is 3.25. The first kappa shape index (κ1) is 13.2. The molecule has 1 aliphatic rings. The van der Waals surface area contributed by atoms with Crippen molar-refractivity contribution in [2.75, 3.05) is 0 Å². The zero-order chi connectivity index (χ0) is 14.2. The first-order valence-electron chi connectivity index (χ1n) is 6.67. The molecule has 0 saturated heterocycles. The van der Waals surface area contributed by atoms with Crippen molar-refractivity contribution in [2.45, 2.75) is 31.2 Å². The summed E-state index contributed by atoms with van der Waals surface area (Å²) in [6, 6.07) is 9.00. The first-order chi connectivity index (χ1) is 9.66. The van der Waals surface area contributed by atoms with Crippen molar-refractivity contribution >= 4 is 28.5 Å². The van der Waals surface area contributed by atoms with E-state index >= 15 is 0 Å². The molecule has 3 nitrogen and oxygen atoms in total. The third-order valence-corrected chi connectivity index (χ3v) is 4.35. The average molecular weight is 288 g/mol. The average Bonchev–Trinajstić information content (AvgIpc) is 2.88. The Bertz CT molecular complexity index is 714. The van der Waals surface area contributed by atoms with E-state index in [4.69, 9.17) is 11.6 Å². The van der Waals surface area contributed by atoms with Gasteiger partial charge in [0.25, 0.3) is 0 Å². The van der Waals surface area contributed by atoms with Crippen LogP contribution in [-0.2, 0) is 10.3 Å². The minimum Gasteiger partial charge on any atom is -0.508 e. The van der Waals surface area contributed by atoms with Crippen LogP contribution in [0.15, 0.2) is 35.3 Å². The summed E-state index contributed by atoms with van der Waals surface area (Å²) in [4.78, 5) is 14.9. The second-order valence-electron chi connectivity index (χ2n) is 5.27. The van der Waals surface area contributed by atoms with E-state index in [-0.39, 0.29) is 5.75 Å². The molecule has 1 aliphatic carbocycles. The summed E-state index contributed by atoms with van der Waals surface area (Å²) in [7, 11) is 0. The van der Waals surface area contributed by atoms with Crippen molar-refractivity contribution in [3.63, 3.8) is 0 Å². The molecule has 0 amide bonds. The lowest BCUT2D eigenvalue weighted by molar-refractivity contribution is 0.412. The zero-order valence-electron chi connectivity index (χ0n) is 10.9. The van der Waals surface area contributed by atoms with Gasteiger partial charge in [-0.25, -0.2) is 4.79 Å². The molecular weight excluding hydrogens is 274 g/mol. The number of carbonyl (C=O) groups excluding carboxylic acids is 1. The zero-order valence-corrected chi connectivity index (χ0v) is 11.7. The molecular formula is C16H14ClNO2. The summed E-state index contributed by atoms with van der Waals surface area (Å²) in [5, 5.41) is 12.8. The number of benzene rings is 2. The Morgan fingerprint density at radius 2 is 1.95 bits per heavy atom. The number of halogens is 1. The summed E-state index contributed by atoms with van der Waals surface area (Å²) < 4.78 is 0. The first-order valence-corrected chi connectivity index (χ1v) is 7.05. The fourth-order valence-electron chi connectivity index (χ4n) is 3.24. The summed E-state index contributed by atoms with van der Waals surface area (Å²) in [5.74, 6) is 0.181. The van der Waals surface area contributed by atoms with E-state index < -0.39 is 5.54 Å². The lowest BCUT2D eigenvalue weighted by Crippen LogP contribution is -2.19. The topological polar surface area (TPSA) is 49.7 Å². The number of isocyanates is 1. The SMILES string of the molecule is O=C=NC1(c2c(O)ccc3cc(Cl)ccc23)CCCC1. The molecule has 1 saturated carbocycles. The predicted octanol–water partition coefficient (Wildman–Crippen LogP) is 4.30. The van der Waals surface area contributed by atoms with Crippen LogP contribution in [0.1, 0.15) is 31.2 Å². The van der Waals surface area contributed by atoms with Crippen molar-refractivity contribution in [1.29, 1.82) is 0 Å². The number of aliphatic imine (C=N–C) groups is 1. The molecule has 0 radical (unpaired) electrons. The van der Waals surface area contributed by atoms with E-state index in [1.807, 2.05) is 18.2 Å². The molecule has 0 aromatic heterocycles. The smallest absolute Gasteiger partial charge is 0.235 e. The van der Waals surface area contributed by atoms with Gasteiger partial charge in [-0.2, -0.15) is 4.99 Å². The Morgan fingerprint density at radius 3 is 2.65 bits per heavy atom. The van der Waals surface area contributed by atoms with Gasteiger partial charge in [-0.05, 0) is 41.8 Å². The maximum Gasteiger partial charge on any atom is 0.235 e. The number of aromatic hydroxyl groups is 1. The van der Waals surface area contributed by atoms with Crippen LogP contribution in [0, 0.1) is 0 Å². The molecule has 2 aromatic rings. The molecule has 4 heteroatoms. The highest BCUT2D eigenvalue weighted by Crippen LogP contribution is 2.48. The summed E-state index contributed by atoms with van der Waals surface area (Å²) in [6.07, 6.45) is 5.20. The Morgan fingerprint density at radius 1 is 1.20 bits per heavy atom. The Labute approximate surface area is 121 Å². The van der Waals surface area contributed by atoms with Crippen LogP contribution in [0.4, 0.5) is 0 Å². The van der Waals surface area contributed by atoms with Gasteiger partial charge >= 0.3 is 0 Å². The normalized spacial score (nSPS) is 17.1. The largest absolute Gasteiger partial charge is 0.508 e. The summed E-state index contributed by atoms with van der Waals surface area (Å²) in [6.45, 7) is 0. The highest BCUT2D eigenvalue weighted by Gasteiger charge is 2.39. The lowest BCUT2D eigenvalue weighted by Gasteiger charge is -2.25. The number of nitrogens with zero attached hydrogens (tertiary/aromatic N) is 1. The van der Waals surface area contributed by atoms with Crippen molar-refractivity contribution in [3.05, 3.63) is 40.9 Å². The number of rotatable bonds is 2. The maximum atomic E-state index is 10.8. The van der Waals surface area contributed by atoms with Gasteiger partial charge in [0.1, 0.15) is 11.3 Å². The van der Waals surface area contributed by atoms with Crippen LogP contribution in [0.25, 0.3) is 10.8 Å². The van der Waals surface area contributed by atoms with E-state index in [9.17, 15) is 9.90 Å². The number of hydrogen-bond donors (Lipinski definition) is 1. The molecule has 0 bridgehead atoms. The number of fused-ring (bicyclic) bond motifs is 1. The van der Waals surface area contributed by atoms with Gasteiger partial charge in [0, 0.05) is 10.6 Å². The van der Waals surface area contributed by atoms with E-state index in [2.05, 4.69) is 4.99 Å². The Hall–Kier alpha value is -1.83. The van der Waals surface area contributed by atoms with E-state index in [0.29, 0.717) is 5.02 Å². The molecule has 0 heterocycles. The predicted molar refractivity (Wildman–Crippen MR) is 78.9 cm³/mol. The van der Waals surface area contributed by atoms with Gasteiger partial charge in [0.15, 0.2) is 0 Å². The molecule has 3 rings (SSSR count). The van der Waals surface area contributed by atoms with Crippen molar-refractivity contribution in [1.82, 2.24) is 0 Å². The standard InChI is InChI=1S/C16H14ClNO2/c17-12-4-5-13-11(9-12)3-6-14(20)15(13)16(18-10-19)7-1-2-8-16/h3-6,9,20H,1-2,7-8H2. The van der Waals surface area contributed by atoms with Gasteiger partial charge in [0.2, 0.25) is 6.08 Å². The molecule has 0 spiro atoms. The monoisotopic (exact) mass is 287 g/mol. The molecule has 0 atom stereocenters. The van der Waals surface area contributed by atoms with Crippen LogP contribution in [0.2, 0.25) is 5.02 Å². The minimum absolute atomic E-state index is 0.181. The third-order valence-electron chi connectivity index (χ3n) is 4.12. The quantitative estimate of drug-likeness (QED) is 0.661. The van der Waals surface area contributed by atoms with Gasteiger partial charge in [-0.15, -0.1) is 0 Å². The fraction of sp³-hybridized carbons (Fsp3) is 0.312. The van der Waals surface area contributed by atoms with E-state index in [1.54, 1.807) is 18.2 Å². The van der Waals surface area contributed by atoms with Crippen molar-refractivity contribution in [2.24, 2.45) is 4.99 Å². The summed E-state index contributed by atoms with van der Waals surface area (Å²) in [5.41, 5.74) is 0.0895. The lowest BCUT2D eigenvalue weighted by atomic mass is 9.84. The number of phenols is 1. The van der Waals surface area contributed by atoms with Gasteiger partial charge in [-0.3, -0.25) is 0 Å². The van der Waals surface area contributed by atoms with Crippen LogP contribution in [0.3, 0.4) is 0 Å². The fourth-order valence-corrected chi connectivity index (χ4v) is 3.42. The van der Waals surface area contributed by atoms with E-state index in [1.165, 1.54) is 0 Å². The maximum absolute atomic E-state index is 10.8. The van der Waals surface area contributed by atoms with Gasteiger partial charge in [0.05, 0.1) is 0 Å². The number of phenolic OH excluding ortho intramolecular Hbond substituents is 1. The molecule has 0 unspecified atom stereocenters. The highest BCUT2D eigenvalue weighted by molar-refractivity contribution is 6.31. The number of hydrogen-bond acceptors (Lipinski definition) is 3. The van der Waals surface area contributed by atoms with Crippen molar-refractivity contribution in [3.8, 4) is 5.75 Å². The second kappa shape index (κ2) is 4.93. The van der Waals surface area contributed by atoms with Crippen LogP contribution >= 0.6 is 11.6 Å². The van der Waals surface area contributed by atoms with Crippen LogP contribution in [-0.4, -0.2) is 11.2 Å². The third kappa shape index (κ3) is 2.00. The second-order valence-corrected chi connectivity index (χ2v) is 5.70. The van der Waals surface area contributed by atoms with Crippen molar-refractivity contribution < 1.29 is 9.90 Å². The molecule has 0 aliphatic heterocycles. The highest BCUT2D eigenvalue weighted by atomic mass is 35.5. The van der Waals surface area contributed by atoms with Gasteiger partial charge in [-0.1, -0.05) is 36.6 Å². The Balaban J connectivity index is 2.34. The van der Waals surface area contributed by atoms with E-state index in [0.717, 1.165) is 42.0 Å². The van der Waals surface area contributed by atoms with Gasteiger partial charge < -0.3 is 5.11 Å². The van der Waals surface area contributed by atoms with Crippen LogP contribution < -0.4 is 0 Å². The molecule has 2 aromatic carbocycles. The molecule has 20 heavy (non-hydrogen) atoms. The minimum atomic E-state index is -0.640. The summed E-state index contributed by atoms with van der Waals surface area (Å²) >= 11 is 6.02. The molecule has 102 valence electrons. The molecule has 1 fully saturated rings. The van der Waals surface area contributed by atoms with Crippen LogP contribution in [0.5, 0.6) is 5.75 Å². The molecule has 1 N–H and O–H groups in total.